The lowest BCUT2D eigenvalue weighted by molar-refractivity contribution is 0.723. The van der Waals surface area contributed by atoms with E-state index in [9.17, 15) is 0 Å². The van der Waals surface area contributed by atoms with Crippen LogP contribution in [0.5, 0.6) is 0 Å². The number of benzene rings is 9. The average molecular weight is 756 g/mol. The highest BCUT2D eigenvalue weighted by molar-refractivity contribution is 7.99. The molecule has 9 aromatic carbocycles. The summed E-state index contributed by atoms with van der Waals surface area (Å²) in [5.74, 6) is 1.93. The molecule has 0 amide bonds. The van der Waals surface area contributed by atoms with Gasteiger partial charge < -0.3 is 0 Å². The third-order valence-electron chi connectivity index (χ3n) is 12.0. The van der Waals surface area contributed by atoms with Crippen LogP contribution >= 0.6 is 11.8 Å². The van der Waals surface area contributed by atoms with Gasteiger partial charge in [0.15, 0.2) is 17.5 Å². The smallest absolute Gasteiger partial charge is 0.164 e. The zero-order chi connectivity index (χ0) is 38.2. The molecule has 1 aromatic heterocycles. The van der Waals surface area contributed by atoms with Crippen LogP contribution in [0.1, 0.15) is 22.3 Å². The Balaban J connectivity index is 1.06. The molecule has 58 heavy (non-hydrogen) atoms. The van der Waals surface area contributed by atoms with E-state index < -0.39 is 5.41 Å². The molecule has 12 rings (SSSR count). The highest BCUT2D eigenvalue weighted by Gasteiger charge is 2.50. The quantitative estimate of drug-likeness (QED) is 0.168. The Hall–Kier alpha value is -7.14. The molecule has 2 heterocycles. The van der Waals surface area contributed by atoms with Gasteiger partial charge in [0.1, 0.15) is 0 Å². The number of fused-ring (bicyclic) bond motifs is 12. The van der Waals surface area contributed by atoms with Crippen LogP contribution in [0.4, 0.5) is 0 Å². The normalized spacial score (nSPS) is 13.2. The van der Waals surface area contributed by atoms with Gasteiger partial charge in [-0.1, -0.05) is 188 Å². The molecule has 4 heteroatoms. The first-order valence-corrected chi connectivity index (χ1v) is 20.5. The molecule has 0 unspecified atom stereocenters. The molecular formula is C54H33N3S. The second-order valence-corrected chi connectivity index (χ2v) is 16.2. The average Bonchev–Trinajstić information content (AvgIpc) is 3.59. The minimum absolute atomic E-state index is 0.461. The fourth-order valence-corrected chi connectivity index (χ4v) is 10.6. The minimum atomic E-state index is -0.461. The fraction of sp³-hybridized carbons (Fsp3) is 0.0185. The SMILES string of the molecule is c1ccc(-c2nc(-c3ccc4c(ccc5ccccc54)c3)nc(-c3ccccc3-c3ccc4c(c3)C3(c5ccccc5S4)c4ccccc4-c4ccccc43)n2)cc1. The van der Waals surface area contributed by atoms with Gasteiger partial charge in [0.25, 0.3) is 0 Å². The second-order valence-electron chi connectivity index (χ2n) is 15.1. The van der Waals surface area contributed by atoms with Crippen molar-refractivity contribution in [2.75, 3.05) is 0 Å². The van der Waals surface area contributed by atoms with Gasteiger partial charge in [-0.15, -0.1) is 0 Å². The van der Waals surface area contributed by atoms with Gasteiger partial charge in [-0.2, -0.15) is 0 Å². The van der Waals surface area contributed by atoms with E-state index in [0.29, 0.717) is 17.5 Å². The Morgan fingerprint density at radius 3 is 1.66 bits per heavy atom. The lowest BCUT2D eigenvalue weighted by Gasteiger charge is -2.40. The van der Waals surface area contributed by atoms with Crippen molar-refractivity contribution in [3.8, 4) is 56.4 Å². The maximum atomic E-state index is 5.28. The van der Waals surface area contributed by atoms with E-state index in [1.807, 2.05) is 30.0 Å². The van der Waals surface area contributed by atoms with Gasteiger partial charge in [-0.3, -0.25) is 0 Å². The summed E-state index contributed by atoms with van der Waals surface area (Å²) in [5.41, 5.74) is 12.5. The summed E-state index contributed by atoms with van der Waals surface area (Å²) in [6.45, 7) is 0. The highest BCUT2D eigenvalue weighted by atomic mass is 32.2. The van der Waals surface area contributed by atoms with Crippen LogP contribution in [-0.2, 0) is 5.41 Å². The molecule has 270 valence electrons. The van der Waals surface area contributed by atoms with E-state index in [0.717, 1.165) is 33.2 Å². The molecule has 0 radical (unpaired) electrons. The maximum Gasteiger partial charge on any atom is 0.164 e. The first-order chi connectivity index (χ1) is 28.7. The molecule has 0 atom stereocenters. The summed E-state index contributed by atoms with van der Waals surface area (Å²) in [4.78, 5) is 18.2. The van der Waals surface area contributed by atoms with E-state index in [1.165, 1.54) is 59.3 Å². The summed E-state index contributed by atoms with van der Waals surface area (Å²) in [6.07, 6.45) is 0. The largest absolute Gasteiger partial charge is 0.208 e. The molecular weight excluding hydrogens is 723 g/mol. The number of hydrogen-bond donors (Lipinski definition) is 0. The molecule has 3 nitrogen and oxygen atoms in total. The van der Waals surface area contributed by atoms with Crippen molar-refractivity contribution >= 4 is 33.3 Å². The van der Waals surface area contributed by atoms with Crippen LogP contribution in [-0.4, -0.2) is 15.0 Å². The Bertz CT molecular complexity index is 3230. The van der Waals surface area contributed by atoms with Gasteiger partial charge in [-0.05, 0) is 90.3 Å². The molecule has 0 fully saturated rings. The van der Waals surface area contributed by atoms with Crippen LogP contribution in [0.2, 0.25) is 0 Å². The molecule has 0 saturated heterocycles. The standard InChI is InChI=1S/C54H33N3S/c1-2-15-35(16-3-1)51-55-52(38-28-30-41-36(32-38)27-26-34-14-4-5-17-39(34)41)57-53(56-51)44-21-7-6-18-40(44)37-29-31-50-48(33-37)54(47-24-12-13-25-49(47)58-50)45-22-10-8-19-42(45)43-20-9-11-23-46(43)54/h1-33H. The van der Waals surface area contributed by atoms with Crippen molar-refractivity contribution in [1.82, 2.24) is 15.0 Å². The first kappa shape index (κ1) is 33.0. The monoisotopic (exact) mass is 755 g/mol. The third kappa shape index (κ3) is 4.92. The van der Waals surface area contributed by atoms with E-state index in [4.69, 9.17) is 15.0 Å². The predicted molar refractivity (Wildman–Crippen MR) is 238 cm³/mol. The van der Waals surface area contributed by atoms with Gasteiger partial charge in [0, 0.05) is 26.5 Å². The maximum absolute atomic E-state index is 5.28. The number of hydrogen-bond acceptors (Lipinski definition) is 4. The van der Waals surface area contributed by atoms with Crippen LogP contribution in [0, 0.1) is 0 Å². The molecule has 0 saturated carbocycles. The lowest BCUT2D eigenvalue weighted by atomic mass is 9.67. The molecule has 0 bridgehead atoms. The Morgan fingerprint density at radius 2 is 0.862 bits per heavy atom. The molecule has 0 N–H and O–H groups in total. The fourth-order valence-electron chi connectivity index (χ4n) is 9.45. The van der Waals surface area contributed by atoms with Crippen molar-refractivity contribution in [2.24, 2.45) is 0 Å². The molecule has 2 aliphatic rings. The second kappa shape index (κ2) is 13.0. The van der Waals surface area contributed by atoms with Crippen molar-refractivity contribution < 1.29 is 0 Å². The number of rotatable bonds is 4. The molecule has 1 spiro atoms. The molecule has 1 aliphatic carbocycles. The summed E-state index contributed by atoms with van der Waals surface area (Å²) in [6, 6.07) is 72.2. The van der Waals surface area contributed by atoms with E-state index >= 15 is 0 Å². The van der Waals surface area contributed by atoms with Crippen LogP contribution < -0.4 is 0 Å². The zero-order valence-corrected chi connectivity index (χ0v) is 32.1. The Morgan fingerprint density at radius 1 is 0.310 bits per heavy atom. The van der Waals surface area contributed by atoms with Crippen molar-refractivity contribution in [3.63, 3.8) is 0 Å². The first-order valence-electron chi connectivity index (χ1n) is 19.7. The lowest BCUT2D eigenvalue weighted by Crippen LogP contribution is -2.32. The third-order valence-corrected chi connectivity index (χ3v) is 13.1. The van der Waals surface area contributed by atoms with Gasteiger partial charge in [0.05, 0.1) is 5.41 Å². The number of nitrogens with zero attached hydrogens (tertiary/aromatic N) is 3. The van der Waals surface area contributed by atoms with Gasteiger partial charge >= 0.3 is 0 Å². The van der Waals surface area contributed by atoms with Crippen molar-refractivity contribution in [2.45, 2.75) is 15.2 Å². The van der Waals surface area contributed by atoms with E-state index in [1.54, 1.807) is 0 Å². The Kier molecular flexibility index (Phi) is 7.38. The number of aromatic nitrogens is 3. The van der Waals surface area contributed by atoms with Crippen molar-refractivity contribution in [3.05, 3.63) is 222 Å². The zero-order valence-electron chi connectivity index (χ0n) is 31.3. The molecule has 10 aromatic rings. The minimum Gasteiger partial charge on any atom is -0.208 e. The summed E-state index contributed by atoms with van der Waals surface area (Å²) in [5, 5.41) is 4.83. The molecule has 1 aliphatic heterocycles. The van der Waals surface area contributed by atoms with E-state index in [2.05, 4.69) is 182 Å². The summed E-state index contributed by atoms with van der Waals surface area (Å²) < 4.78 is 0. The highest BCUT2D eigenvalue weighted by Crippen LogP contribution is 2.62. The van der Waals surface area contributed by atoms with Gasteiger partial charge in [0.2, 0.25) is 0 Å². The predicted octanol–water partition coefficient (Wildman–Crippen LogP) is 13.7. The van der Waals surface area contributed by atoms with Crippen LogP contribution in [0.25, 0.3) is 78.0 Å². The summed E-state index contributed by atoms with van der Waals surface area (Å²) in [7, 11) is 0. The Labute approximate surface area is 340 Å². The topological polar surface area (TPSA) is 38.7 Å². The summed E-state index contributed by atoms with van der Waals surface area (Å²) >= 11 is 1.86. The van der Waals surface area contributed by atoms with Gasteiger partial charge in [-0.25, -0.2) is 15.0 Å². The van der Waals surface area contributed by atoms with Crippen LogP contribution in [0.3, 0.4) is 0 Å². The van der Waals surface area contributed by atoms with E-state index in [-0.39, 0.29) is 0 Å². The van der Waals surface area contributed by atoms with Crippen molar-refractivity contribution in [1.29, 1.82) is 0 Å². The van der Waals surface area contributed by atoms with Crippen LogP contribution in [0.15, 0.2) is 210 Å².